The molecule has 6 amide bonds. The topological polar surface area (TPSA) is 183 Å². The summed E-state index contributed by atoms with van der Waals surface area (Å²) >= 11 is 0. The van der Waals surface area contributed by atoms with E-state index in [9.17, 15) is 33.6 Å². The number of amides is 6. The molecule has 0 radical (unpaired) electrons. The number of nitrogens with one attached hydrogen (secondary N) is 4. The smallest absolute Gasteiger partial charge is 0.407 e. The molecule has 3 fully saturated rings. The minimum absolute atomic E-state index is 0.0473. The number of ketones is 1. The van der Waals surface area contributed by atoms with Crippen LogP contribution in [0.3, 0.4) is 0 Å². The van der Waals surface area contributed by atoms with Crippen molar-refractivity contribution in [2.45, 2.75) is 111 Å². The van der Waals surface area contributed by atoms with Crippen LogP contribution < -0.4 is 21.3 Å². The fraction of sp³-hybridized carbons (Fsp3) is 0.675. The van der Waals surface area contributed by atoms with Crippen LogP contribution in [-0.4, -0.2) is 103 Å². The van der Waals surface area contributed by atoms with Crippen LogP contribution in [0.4, 0.5) is 4.79 Å². The van der Waals surface area contributed by atoms with Gasteiger partial charge in [-0.1, -0.05) is 97.6 Å². The third-order valence-electron chi connectivity index (χ3n) is 11.5. The van der Waals surface area contributed by atoms with Crippen LogP contribution >= 0.6 is 0 Å². The lowest BCUT2D eigenvalue weighted by Gasteiger charge is -2.43. The van der Waals surface area contributed by atoms with Gasteiger partial charge in [0.15, 0.2) is 0 Å². The molecule has 4 rings (SSSR count). The SMILES string of the molecule is CCC[C@H](NC(=O)[C@@H]1C2[C@H](CN1C(=O)[C@@H](NC(=O)OCC(C)C)C1(C)CCCCC1)C2(C)C)C(=O)C(=O)NCC(=O)N[C@H](C(=O)N(C)C)c1ccccc1. The number of carbonyl (C=O) groups is 7. The second kappa shape index (κ2) is 17.8. The summed E-state index contributed by atoms with van der Waals surface area (Å²) in [6.45, 7) is 11.7. The maximum Gasteiger partial charge on any atom is 0.407 e. The van der Waals surface area contributed by atoms with Crippen molar-refractivity contribution in [3.8, 4) is 0 Å². The van der Waals surface area contributed by atoms with Gasteiger partial charge in [-0.3, -0.25) is 28.8 Å². The highest BCUT2D eigenvalue weighted by atomic mass is 16.5. The largest absolute Gasteiger partial charge is 0.449 e. The summed E-state index contributed by atoms with van der Waals surface area (Å²) in [5, 5.41) is 10.6. The van der Waals surface area contributed by atoms with E-state index in [0.717, 1.165) is 32.1 Å². The van der Waals surface area contributed by atoms with Gasteiger partial charge in [0.05, 0.1) is 19.2 Å². The number of hydrogen-bond donors (Lipinski definition) is 4. The Balaban J connectivity index is 1.47. The molecule has 3 aliphatic rings. The first-order valence-corrected chi connectivity index (χ1v) is 19.3. The molecule has 298 valence electrons. The molecular formula is C40H60N6O8. The van der Waals surface area contributed by atoms with Crippen molar-refractivity contribution in [3.63, 3.8) is 0 Å². The van der Waals surface area contributed by atoms with Crippen LogP contribution in [0.2, 0.25) is 0 Å². The summed E-state index contributed by atoms with van der Waals surface area (Å²) in [5.41, 5.74) is -0.214. The lowest BCUT2D eigenvalue weighted by atomic mass is 9.70. The number of benzene rings is 1. The fourth-order valence-electron chi connectivity index (χ4n) is 8.19. The quantitative estimate of drug-likeness (QED) is 0.186. The number of alkyl carbamates (subject to hydrolysis) is 1. The lowest BCUT2D eigenvalue weighted by Crippen LogP contribution is -2.61. The first-order chi connectivity index (χ1) is 25.4. The molecule has 1 aromatic carbocycles. The van der Waals surface area contributed by atoms with Crippen LogP contribution in [0, 0.1) is 28.6 Å². The number of piperidine rings is 1. The maximum absolute atomic E-state index is 14.5. The van der Waals surface area contributed by atoms with E-state index in [2.05, 4.69) is 21.3 Å². The molecule has 14 nitrogen and oxygen atoms in total. The predicted molar refractivity (Wildman–Crippen MR) is 201 cm³/mol. The zero-order chi connectivity index (χ0) is 40.0. The van der Waals surface area contributed by atoms with Gasteiger partial charge >= 0.3 is 6.09 Å². The molecule has 0 aromatic heterocycles. The van der Waals surface area contributed by atoms with Crippen molar-refractivity contribution in [2.24, 2.45) is 28.6 Å². The highest BCUT2D eigenvalue weighted by Crippen LogP contribution is 2.65. The van der Waals surface area contributed by atoms with Gasteiger partial charge in [0.25, 0.3) is 5.91 Å². The van der Waals surface area contributed by atoms with E-state index < -0.39 is 65.7 Å². The Kier molecular flexibility index (Phi) is 13.9. The van der Waals surface area contributed by atoms with Crippen LogP contribution in [0.25, 0.3) is 0 Å². The van der Waals surface area contributed by atoms with Crippen molar-refractivity contribution in [2.75, 3.05) is 33.8 Å². The second-order valence-corrected chi connectivity index (χ2v) is 16.7. The summed E-state index contributed by atoms with van der Waals surface area (Å²) in [7, 11) is 3.13. The molecule has 1 unspecified atom stereocenters. The Hall–Kier alpha value is -4.49. The molecular weight excluding hydrogens is 692 g/mol. The van der Waals surface area contributed by atoms with Crippen LogP contribution in [0.1, 0.15) is 98.1 Å². The average molecular weight is 753 g/mol. The van der Waals surface area contributed by atoms with Crippen molar-refractivity contribution in [3.05, 3.63) is 35.9 Å². The number of Topliss-reactive ketones (excluding diaryl/α,β-unsaturated/α-hetero) is 1. The van der Waals surface area contributed by atoms with Crippen LogP contribution in [0.15, 0.2) is 30.3 Å². The average Bonchev–Trinajstić information content (AvgIpc) is 3.43. The highest BCUT2D eigenvalue weighted by Gasteiger charge is 2.70. The molecule has 1 heterocycles. The van der Waals surface area contributed by atoms with E-state index in [1.54, 1.807) is 49.3 Å². The number of hydrogen-bond acceptors (Lipinski definition) is 8. The first kappa shape index (κ1) is 42.3. The minimum atomic E-state index is -1.20. The standard InChI is InChI=1S/C40H60N6O8/c1-9-16-27(32(48)35(50)41-21-28(47)43-30(36(51)45(7)8)25-17-12-10-13-18-25)42-34(49)31-29-26(39(29,4)5)22-46(31)37(52)33(40(6)19-14-11-15-20-40)44-38(53)54-23-24(2)3/h10,12-13,17-18,24,26-27,29-31,33H,9,11,14-16,19-23H2,1-8H3,(H,41,50)(H,42,49)(H,43,47)(H,44,53)/t26-,27-,29?,30-,31-,33+/m0/s1. The van der Waals surface area contributed by atoms with Gasteiger partial charge in [0.1, 0.15) is 18.1 Å². The summed E-state index contributed by atoms with van der Waals surface area (Å²) in [4.78, 5) is 97.0. The van der Waals surface area contributed by atoms with E-state index in [1.165, 1.54) is 4.90 Å². The molecule has 2 aliphatic carbocycles. The third kappa shape index (κ3) is 9.78. The Morgan fingerprint density at radius 3 is 2.17 bits per heavy atom. The van der Waals surface area contributed by atoms with Gasteiger partial charge in [-0.05, 0) is 53.4 Å². The summed E-state index contributed by atoms with van der Waals surface area (Å²) < 4.78 is 5.42. The van der Waals surface area contributed by atoms with Gasteiger partial charge in [0, 0.05) is 20.6 Å². The fourth-order valence-corrected chi connectivity index (χ4v) is 8.19. The van der Waals surface area contributed by atoms with Crippen molar-refractivity contribution >= 4 is 41.4 Å². The van der Waals surface area contributed by atoms with E-state index in [1.807, 2.05) is 41.5 Å². The zero-order valence-corrected chi connectivity index (χ0v) is 33.2. The Labute approximate surface area is 319 Å². The summed E-state index contributed by atoms with van der Waals surface area (Å²) in [6.07, 6.45) is 4.27. The van der Waals surface area contributed by atoms with Crippen LogP contribution in [-0.2, 0) is 33.5 Å². The van der Waals surface area contributed by atoms with Gasteiger partial charge in [-0.15, -0.1) is 0 Å². The molecule has 14 heteroatoms. The van der Waals surface area contributed by atoms with Gasteiger partial charge in [-0.25, -0.2) is 4.79 Å². The van der Waals surface area contributed by atoms with Gasteiger partial charge in [-0.2, -0.15) is 0 Å². The highest BCUT2D eigenvalue weighted by molar-refractivity contribution is 6.38. The minimum Gasteiger partial charge on any atom is -0.449 e. The third-order valence-corrected chi connectivity index (χ3v) is 11.5. The van der Waals surface area contributed by atoms with E-state index in [-0.39, 0.29) is 48.0 Å². The number of rotatable bonds is 16. The van der Waals surface area contributed by atoms with E-state index in [4.69, 9.17) is 4.74 Å². The van der Waals surface area contributed by atoms with E-state index in [0.29, 0.717) is 18.5 Å². The Morgan fingerprint density at radius 1 is 0.926 bits per heavy atom. The number of ether oxygens (including phenoxy) is 1. The van der Waals surface area contributed by atoms with Crippen molar-refractivity contribution < 1.29 is 38.3 Å². The van der Waals surface area contributed by atoms with Crippen molar-refractivity contribution in [1.82, 2.24) is 31.1 Å². The van der Waals surface area contributed by atoms with Gasteiger partial charge in [0.2, 0.25) is 29.4 Å². The summed E-state index contributed by atoms with van der Waals surface area (Å²) in [6, 6.07) is 4.64. The molecule has 1 aromatic rings. The van der Waals surface area contributed by atoms with Crippen molar-refractivity contribution in [1.29, 1.82) is 0 Å². The number of fused-ring (bicyclic) bond motifs is 1. The van der Waals surface area contributed by atoms with Crippen LogP contribution in [0.5, 0.6) is 0 Å². The second-order valence-electron chi connectivity index (χ2n) is 16.7. The Bertz CT molecular complexity index is 1560. The summed E-state index contributed by atoms with van der Waals surface area (Å²) in [5.74, 6) is -3.94. The number of carbonyl (C=O) groups excluding carboxylic acids is 7. The molecule has 4 N–H and O–H groups in total. The molecule has 0 bridgehead atoms. The number of likely N-dealkylation sites (tertiary alicyclic amines) is 1. The first-order valence-electron chi connectivity index (χ1n) is 19.3. The normalized spacial score (nSPS) is 22.5. The molecule has 1 aliphatic heterocycles. The monoisotopic (exact) mass is 752 g/mol. The number of nitrogens with zero attached hydrogens (tertiary/aromatic N) is 2. The van der Waals surface area contributed by atoms with Gasteiger partial charge < -0.3 is 35.8 Å². The lowest BCUT2D eigenvalue weighted by molar-refractivity contribution is -0.146. The van der Waals surface area contributed by atoms with E-state index >= 15 is 0 Å². The zero-order valence-electron chi connectivity index (χ0n) is 33.2. The predicted octanol–water partition coefficient (Wildman–Crippen LogP) is 3.11. The molecule has 2 saturated carbocycles. The molecule has 1 saturated heterocycles. The molecule has 0 spiro atoms. The number of likely N-dealkylation sites (N-methyl/N-ethyl adjacent to an activating group) is 1. The molecule has 6 atom stereocenters. The maximum atomic E-state index is 14.5. The Morgan fingerprint density at radius 2 is 1.57 bits per heavy atom. The molecule has 54 heavy (non-hydrogen) atoms.